The molecule has 0 amide bonds. The highest BCUT2D eigenvalue weighted by atomic mass is 32.1. The lowest BCUT2D eigenvalue weighted by Gasteiger charge is -2.17. The minimum absolute atomic E-state index is 0.526. The van der Waals surface area contributed by atoms with Crippen molar-refractivity contribution in [3.8, 4) is 0 Å². The lowest BCUT2D eigenvalue weighted by atomic mass is 9.96. The Labute approximate surface area is 130 Å². The quantitative estimate of drug-likeness (QED) is 0.697. The van der Waals surface area contributed by atoms with Gasteiger partial charge in [-0.1, -0.05) is 48.5 Å². The van der Waals surface area contributed by atoms with Crippen LogP contribution >= 0.6 is 11.3 Å². The number of thiophene rings is 1. The van der Waals surface area contributed by atoms with E-state index in [2.05, 4.69) is 72.3 Å². The van der Waals surface area contributed by atoms with E-state index in [0.717, 1.165) is 12.8 Å². The summed E-state index contributed by atoms with van der Waals surface area (Å²) in [6, 6.07) is 20.2. The van der Waals surface area contributed by atoms with E-state index in [1.165, 1.54) is 27.6 Å². The lowest BCUT2D eigenvalue weighted by molar-refractivity contribution is 0.523. The minimum atomic E-state index is 0.526. The van der Waals surface area contributed by atoms with Crippen molar-refractivity contribution in [1.29, 1.82) is 0 Å². The molecule has 0 radical (unpaired) electrons. The normalized spacial score (nSPS) is 12.6. The molecule has 0 saturated heterocycles. The standard InChI is InChI=1S/C19H21NS/c1-20-17(11-12-18-9-5-13-21-18)14-16-8-4-7-15-6-2-3-10-19(15)16/h2-10,13,17,20H,11-12,14H2,1H3. The number of hydrogen-bond acceptors (Lipinski definition) is 2. The molecule has 1 atom stereocenters. The largest absolute Gasteiger partial charge is 0.317 e. The van der Waals surface area contributed by atoms with Crippen molar-refractivity contribution in [3.05, 3.63) is 70.4 Å². The summed E-state index contributed by atoms with van der Waals surface area (Å²) >= 11 is 1.86. The van der Waals surface area contributed by atoms with Crippen molar-refractivity contribution in [2.24, 2.45) is 0 Å². The third-order valence-corrected chi connectivity index (χ3v) is 5.01. The summed E-state index contributed by atoms with van der Waals surface area (Å²) in [4.78, 5) is 1.48. The molecule has 0 fully saturated rings. The Kier molecular flexibility index (Phi) is 4.69. The fraction of sp³-hybridized carbons (Fsp3) is 0.263. The number of aryl methyl sites for hydroxylation is 1. The zero-order chi connectivity index (χ0) is 14.5. The zero-order valence-electron chi connectivity index (χ0n) is 12.4. The molecule has 3 rings (SSSR count). The molecule has 0 aliphatic carbocycles. The summed E-state index contributed by atoms with van der Waals surface area (Å²) in [6.07, 6.45) is 3.43. The average molecular weight is 295 g/mol. The van der Waals surface area contributed by atoms with Crippen LogP contribution in [0.15, 0.2) is 60.0 Å². The van der Waals surface area contributed by atoms with Crippen LogP contribution in [0.2, 0.25) is 0 Å². The number of nitrogens with one attached hydrogen (secondary N) is 1. The van der Waals surface area contributed by atoms with Gasteiger partial charge in [-0.3, -0.25) is 0 Å². The van der Waals surface area contributed by atoms with Crippen molar-refractivity contribution >= 4 is 22.1 Å². The molecule has 0 spiro atoms. The first kappa shape index (κ1) is 14.3. The predicted octanol–water partition coefficient (Wildman–Crippen LogP) is 4.66. The highest BCUT2D eigenvalue weighted by Crippen LogP contribution is 2.21. The van der Waals surface area contributed by atoms with Gasteiger partial charge in [-0.2, -0.15) is 0 Å². The summed E-state index contributed by atoms with van der Waals surface area (Å²) in [7, 11) is 2.07. The summed E-state index contributed by atoms with van der Waals surface area (Å²) in [5, 5.41) is 8.37. The van der Waals surface area contributed by atoms with E-state index in [9.17, 15) is 0 Å². The highest BCUT2D eigenvalue weighted by molar-refractivity contribution is 7.09. The Bertz CT molecular complexity index is 682. The van der Waals surface area contributed by atoms with E-state index in [-0.39, 0.29) is 0 Å². The monoisotopic (exact) mass is 295 g/mol. The van der Waals surface area contributed by atoms with Gasteiger partial charge in [-0.25, -0.2) is 0 Å². The van der Waals surface area contributed by atoms with Gasteiger partial charge in [0.2, 0.25) is 0 Å². The van der Waals surface area contributed by atoms with E-state index >= 15 is 0 Å². The van der Waals surface area contributed by atoms with Crippen molar-refractivity contribution in [2.45, 2.75) is 25.3 Å². The third kappa shape index (κ3) is 3.52. The number of likely N-dealkylation sites (N-methyl/N-ethyl adjacent to an activating group) is 1. The van der Waals surface area contributed by atoms with Gasteiger partial charge in [0.1, 0.15) is 0 Å². The molecular formula is C19H21NS. The number of benzene rings is 2. The topological polar surface area (TPSA) is 12.0 Å². The lowest BCUT2D eigenvalue weighted by Crippen LogP contribution is -2.28. The molecule has 1 nitrogen and oxygen atoms in total. The van der Waals surface area contributed by atoms with Crippen LogP contribution in [0.25, 0.3) is 10.8 Å². The van der Waals surface area contributed by atoms with Gasteiger partial charge in [0.25, 0.3) is 0 Å². The van der Waals surface area contributed by atoms with E-state index in [1.54, 1.807) is 0 Å². The average Bonchev–Trinajstić information content (AvgIpc) is 3.05. The molecule has 2 heteroatoms. The van der Waals surface area contributed by atoms with Crippen LogP contribution in [0.5, 0.6) is 0 Å². The van der Waals surface area contributed by atoms with Crippen molar-refractivity contribution in [3.63, 3.8) is 0 Å². The maximum atomic E-state index is 3.48. The van der Waals surface area contributed by atoms with Gasteiger partial charge < -0.3 is 5.32 Å². The number of rotatable bonds is 6. The summed E-state index contributed by atoms with van der Waals surface area (Å²) in [5.41, 5.74) is 1.44. The highest BCUT2D eigenvalue weighted by Gasteiger charge is 2.10. The van der Waals surface area contributed by atoms with Crippen LogP contribution in [-0.2, 0) is 12.8 Å². The van der Waals surface area contributed by atoms with E-state index < -0.39 is 0 Å². The Hall–Kier alpha value is -1.64. The second-order valence-corrected chi connectivity index (χ2v) is 6.48. The van der Waals surface area contributed by atoms with E-state index in [1.807, 2.05) is 11.3 Å². The predicted molar refractivity (Wildman–Crippen MR) is 93.1 cm³/mol. The summed E-state index contributed by atoms with van der Waals surface area (Å²) in [5.74, 6) is 0. The van der Waals surface area contributed by atoms with Crippen molar-refractivity contribution in [1.82, 2.24) is 5.32 Å². The summed E-state index contributed by atoms with van der Waals surface area (Å²) in [6.45, 7) is 0. The van der Waals surface area contributed by atoms with Gasteiger partial charge in [0, 0.05) is 10.9 Å². The van der Waals surface area contributed by atoms with Gasteiger partial charge in [0.05, 0.1) is 0 Å². The Morgan fingerprint density at radius 2 is 1.86 bits per heavy atom. The van der Waals surface area contributed by atoms with Crippen molar-refractivity contribution < 1.29 is 0 Å². The minimum Gasteiger partial charge on any atom is -0.317 e. The molecule has 1 aromatic heterocycles. The Balaban J connectivity index is 1.73. The molecule has 21 heavy (non-hydrogen) atoms. The van der Waals surface area contributed by atoms with E-state index in [4.69, 9.17) is 0 Å². The molecule has 1 heterocycles. The Morgan fingerprint density at radius 3 is 2.67 bits per heavy atom. The molecular weight excluding hydrogens is 274 g/mol. The van der Waals surface area contributed by atoms with Crippen LogP contribution in [0.3, 0.4) is 0 Å². The second-order valence-electron chi connectivity index (χ2n) is 5.45. The van der Waals surface area contributed by atoms with Gasteiger partial charge in [0.15, 0.2) is 0 Å². The molecule has 108 valence electrons. The maximum absolute atomic E-state index is 3.48. The van der Waals surface area contributed by atoms with Crippen molar-refractivity contribution in [2.75, 3.05) is 7.05 Å². The molecule has 0 aliphatic rings. The molecule has 3 aromatic rings. The maximum Gasteiger partial charge on any atom is 0.0108 e. The fourth-order valence-electron chi connectivity index (χ4n) is 2.86. The van der Waals surface area contributed by atoms with Crippen LogP contribution in [0.4, 0.5) is 0 Å². The van der Waals surface area contributed by atoms with Gasteiger partial charge in [-0.15, -0.1) is 11.3 Å². The fourth-order valence-corrected chi connectivity index (χ4v) is 3.58. The van der Waals surface area contributed by atoms with E-state index in [0.29, 0.717) is 6.04 Å². The number of hydrogen-bond donors (Lipinski definition) is 1. The molecule has 2 aromatic carbocycles. The Morgan fingerprint density at radius 1 is 1.00 bits per heavy atom. The molecule has 1 N–H and O–H groups in total. The first-order valence-corrected chi connectivity index (χ1v) is 8.41. The molecule has 1 unspecified atom stereocenters. The zero-order valence-corrected chi connectivity index (χ0v) is 13.2. The third-order valence-electron chi connectivity index (χ3n) is 4.07. The summed E-state index contributed by atoms with van der Waals surface area (Å²) < 4.78 is 0. The van der Waals surface area contributed by atoms with Crippen LogP contribution in [0.1, 0.15) is 16.9 Å². The SMILES string of the molecule is CNC(CCc1cccs1)Cc1cccc2ccccc12. The van der Waals surface area contributed by atoms with Crippen LogP contribution < -0.4 is 5.32 Å². The van der Waals surface area contributed by atoms with Crippen LogP contribution in [-0.4, -0.2) is 13.1 Å². The first-order valence-electron chi connectivity index (χ1n) is 7.53. The second kappa shape index (κ2) is 6.88. The molecule has 0 saturated carbocycles. The van der Waals surface area contributed by atoms with Gasteiger partial charge in [-0.05, 0) is 54.1 Å². The number of fused-ring (bicyclic) bond motifs is 1. The smallest absolute Gasteiger partial charge is 0.0108 e. The first-order chi connectivity index (χ1) is 10.4. The van der Waals surface area contributed by atoms with Crippen LogP contribution in [0, 0.1) is 0 Å². The molecule has 0 bridgehead atoms. The molecule has 0 aliphatic heterocycles. The van der Waals surface area contributed by atoms with Gasteiger partial charge >= 0.3 is 0 Å².